The van der Waals surface area contributed by atoms with E-state index in [2.05, 4.69) is 5.32 Å². The number of amides is 1. The highest BCUT2D eigenvalue weighted by molar-refractivity contribution is 6.30. The van der Waals surface area contributed by atoms with Gasteiger partial charge in [0.15, 0.2) is 0 Å². The Bertz CT molecular complexity index is 655. The lowest BCUT2D eigenvalue weighted by Gasteiger charge is -2.08. The molecule has 0 heterocycles. The van der Waals surface area contributed by atoms with Gasteiger partial charge in [-0.2, -0.15) is 0 Å². The van der Waals surface area contributed by atoms with Gasteiger partial charge in [-0.15, -0.1) is 0 Å². The highest BCUT2D eigenvalue weighted by Gasteiger charge is 2.09. The number of aryl methyl sites for hydroxylation is 2. The molecule has 1 amide bonds. The van der Waals surface area contributed by atoms with Gasteiger partial charge in [-0.1, -0.05) is 29.8 Å². The van der Waals surface area contributed by atoms with Crippen LogP contribution in [0.1, 0.15) is 16.7 Å². The molecule has 0 saturated heterocycles. The van der Waals surface area contributed by atoms with E-state index in [1.807, 2.05) is 32.0 Å². The minimum Gasteiger partial charge on any atom is -0.323 e. The van der Waals surface area contributed by atoms with Gasteiger partial charge in [0.25, 0.3) is 0 Å². The average molecular weight is 292 g/mol. The Morgan fingerprint density at radius 2 is 1.90 bits per heavy atom. The molecule has 0 radical (unpaired) electrons. The number of halogens is 2. The molecule has 20 heavy (non-hydrogen) atoms. The van der Waals surface area contributed by atoms with Crippen LogP contribution in [0.3, 0.4) is 0 Å². The van der Waals surface area contributed by atoms with Gasteiger partial charge in [0.05, 0.1) is 12.1 Å². The number of nitrogens with one attached hydrogen (secondary N) is 1. The van der Waals surface area contributed by atoms with Gasteiger partial charge in [0.2, 0.25) is 5.91 Å². The fourth-order valence-corrected chi connectivity index (χ4v) is 2.06. The maximum atomic E-state index is 13.5. The first-order valence-electron chi connectivity index (χ1n) is 6.27. The molecule has 2 aromatic rings. The van der Waals surface area contributed by atoms with Gasteiger partial charge >= 0.3 is 0 Å². The van der Waals surface area contributed by atoms with Gasteiger partial charge in [-0.25, -0.2) is 4.39 Å². The summed E-state index contributed by atoms with van der Waals surface area (Å²) < 4.78 is 13.5. The second-order valence-electron chi connectivity index (χ2n) is 4.77. The topological polar surface area (TPSA) is 29.1 Å². The summed E-state index contributed by atoms with van der Waals surface area (Å²) in [5, 5.41) is 2.92. The van der Waals surface area contributed by atoms with Gasteiger partial charge < -0.3 is 5.32 Å². The van der Waals surface area contributed by atoms with E-state index < -0.39 is 5.82 Å². The number of benzene rings is 2. The summed E-state index contributed by atoms with van der Waals surface area (Å²) in [6.45, 7) is 4.01. The molecule has 4 heteroatoms. The van der Waals surface area contributed by atoms with Crippen LogP contribution in [0, 0.1) is 19.7 Å². The third-order valence-corrected chi connectivity index (χ3v) is 3.37. The van der Waals surface area contributed by atoms with Crippen LogP contribution in [0.2, 0.25) is 5.02 Å². The first-order chi connectivity index (χ1) is 9.45. The lowest BCUT2D eigenvalue weighted by molar-refractivity contribution is -0.115. The Labute approximate surface area is 122 Å². The number of hydrogen-bond acceptors (Lipinski definition) is 1. The number of carbonyl (C=O) groups excluding carboxylic acids is 1. The van der Waals surface area contributed by atoms with E-state index in [0.717, 1.165) is 11.1 Å². The highest BCUT2D eigenvalue weighted by Crippen LogP contribution is 2.20. The van der Waals surface area contributed by atoms with Crippen molar-refractivity contribution in [3.63, 3.8) is 0 Å². The van der Waals surface area contributed by atoms with E-state index in [-0.39, 0.29) is 18.0 Å². The summed E-state index contributed by atoms with van der Waals surface area (Å²) in [6, 6.07) is 9.90. The summed E-state index contributed by atoms with van der Waals surface area (Å²) in [5.41, 5.74) is 3.30. The normalized spacial score (nSPS) is 10.4. The molecule has 2 rings (SSSR count). The van der Waals surface area contributed by atoms with Crippen molar-refractivity contribution in [1.29, 1.82) is 0 Å². The van der Waals surface area contributed by atoms with E-state index in [1.54, 1.807) is 0 Å². The minimum absolute atomic E-state index is 0.103. The quantitative estimate of drug-likeness (QED) is 0.898. The first kappa shape index (κ1) is 14.5. The lowest BCUT2D eigenvalue weighted by atomic mass is 10.0. The molecule has 0 aliphatic heterocycles. The molecule has 0 bridgehead atoms. The van der Waals surface area contributed by atoms with Gasteiger partial charge in [-0.3, -0.25) is 4.79 Å². The maximum Gasteiger partial charge on any atom is 0.228 e. The van der Waals surface area contributed by atoms with Crippen molar-refractivity contribution in [2.75, 3.05) is 5.32 Å². The number of rotatable bonds is 3. The van der Waals surface area contributed by atoms with E-state index in [1.165, 1.54) is 23.8 Å². The number of hydrogen-bond donors (Lipinski definition) is 1. The molecule has 0 aliphatic rings. The largest absolute Gasteiger partial charge is 0.323 e. The van der Waals surface area contributed by atoms with Gasteiger partial charge in [0, 0.05) is 5.02 Å². The highest BCUT2D eigenvalue weighted by atomic mass is 35.5. The van der Waals surface area contributed by atoms with Crippen molar-refractivity contribution < 1.29 is 9.18 Å². The minimum atomic E-state index is -0.497. The van der Waals surface area contributed by atoms with Crippen molar-refractivity contribution in [3.8, 4) is 0 Å². The fraction of sp³-hybridized carbons (Fsp3) is 0.188. The van der Waals surface area contributed by atoms with Crippen molar-refractivity contribution in [3.05, 3.63) is 63.9 Å². The van der Waals surface area contributed by atoms with Crippen LogP contribution in [0.5, 0.6) is 0 Å². The maximum absolute atomic E-state index is 13.5. The zero-order chi connectivity index (χ0) is 14.7. The van der Waals surface area contributed by atoms with E-state index in [0.29, 0.717) is 5.02 Å². The van der Waals surface area contributed by atoms with Crippen LogP contribution in [0.4, 0.5) is 10.1 Å². The van der Waals surface area contributed by atoms with Crippen molar-refractivity contribution >= 4 is 23.2 Å². The first-order valence-corrected chi connectivity index (χ1v) is 6.64. The number of carbonyl (C=O) groups is 1. The molecule has 2 aromatic carbocycles. The summed E-state index contributed by atoms with van der Waals surface area (Å²) in [5.74, 6) is -0.766. The molecule has 2 nitrogen and oxygen atoms in total. The molecule has 0 aliphatic carbocycles. The monoisotopic (exact) mass is 291 g/mol. The average Bonchev–Trinajstić information content (AvgIpc) is 2.38. The summed E-state index contributed by atoms with van der Waals surface area (Å²) in [6.07, 6.45) is 0.201. The standard InChI is InChI=1S/C16H15ClFNO/c1-10-3-4-12(7-11(10)2)8-16(20)19-15-9-13(17)5-6-14(15)18/h3-7,9H,8H2,1-2H3,(H,19,20). The van der Waals surface area contributed by atoms with Crippen molar-refractivity contribution in [1.82, 2.24) is 0 Å². The molecule has 104 valence electrons. The molecule has 0 unspecified atom stereocenters. The van der Waals surface area contributed by atoms with Crippen LogP contribution >= 0.6 is 11.6 Å². The Morgan fingerprint density at radius 1 is 1.15 bits per heavy atom. The Balaban J connectivity index is 2.09. The van der Waals surface area contributed by atoms with Gasteiger partial charge in [0.1, 0.15) is 5.82 Å². The fourth-order valence-electron chi connectivity index (χ4n) is 1.89. The van der Waals surface area contributed by atoms with E-state index >= 15 is 0 Å². The van der Waals surface area contributed by atoms with Crippen LogP contribution in [0.25, 0.3) is 0 Å². The molecule has 0 aromatic heterocycles. The number of anilines is 1. The zero-order valence-corrected chi connectivity index (χ0v) is 12.1. The summed E-state index contributed by atoms with van der Waals surface area (Å²) >= 11 is 5.78. The summed E-state index contributed by atoms with van der Waals surface area (Å²) in [4.78, 5) is 11.9. The van der Waals surface area contributed by atoms with Crippen LogP contribution in [-0.2, 0) is 11.2 Å². The predicted octanol–water partition coefficient (Wildman–Crippen LogP) is 4.28. The molecular formula is C16H15ClFNO. The van der Waals surface area contributed by atoms with Crippen LogP contribution in [-0.4, -0.2) is 5.91 Å². The summed E-state index contributed by atoms with van der Waals surface area (Å²) in [7, 11) is 0. The lowest BCUT2D eigenvalue weighted by Crippen LogP contribution is -2.15. The Hall–Kier alpha value is -1.87. The zero-order valence-electron chi connectivity index (χ0n) is 11.3. The smallest absolute Gasteiger partial charge is 0.228 e. The molecule has 0 spiro atoms. The SMILES string of the molecule is Cc1ccc(CC(=O)Nc2cc(Cl)ccc2F)cc1C. The van der Waals surface area contributed by atoms with Crippen molar-refractivity contribution in [2.24, 2.45) is 0 Å². The van der Waals surface area contributed by atoms with Crippen LogP contribution < -0.4 is 5.32 Å². The molecular weight excluding hydrogens is 277 g/mol. The van der Waals surface area contributed by atoms with E-state index in [9.17, 15) is 9.18 Å². The van der Waals surface area contributed by atoms with E-state index in [4.69, 9.17) is 11.6 Å². The molecule has 0 atom stereocenters. The van der Waals surface area contributed by atoms with Crippen molar-refractivity contribution in [2.45, 2.75) is 20.3 Å². The molecule has 0 saturated carbocycles. The van der Waals surface area contributed by atoms with Crippen LogP contribution in [0.15, 0.2) is 36.4 Å². The third kappa shape index (κ3) is 3.58. The van der Waals surface area contributed by atoms with Gasteiger partial charge in [-0.05, 0) is 48.7 Å². The predicted molar refractivity (Wildman–Crippen MR) is 79.7 cm³/mol. The third-order valence-electron chi connectivity index (χ3n) is 3.14. The Kier molecular flexibility index (Phi) is 4.40. The molecule has 1 N–H and O–H groups in total. The second kappa shape index (κ2) is 6.06. The second-order valence-corrected chi connectivity index (χ2v) is 5.20. The Morgan fingerprint density at radius 3 is 2.60 bits per heavy atom. The molecule has 0 fully saturated rings.